The molecular formula is C11H7Cl2FN2O. The number of aromatic nitrogens is 2. The van der Waals surface area contributed by atoms with Crippen LogP contribution in [0.15, 0.2) is 11.4 Å². The highest BCUT2D eigenvalue weighted by Crippen LogP contribution is 2.29. The highest BCUT2D eigenvalue weighted by atomic mass is 35.5. The third kappa shape index (κ3) is 1.73. The zero-order chi connectivity index (χ0) is 12.7. The minimum Gasteiger partial charge on any atom is -0.322 e. The van der Waals surface area contributed by atoms with Crippen LogP contribution >= 0.6 is 23.2 Å². The van der Waals surface area contributed by atoms with Crippen LogP contribution in [0.2, 0.25) is 10.3 Å². The van der Waals surface area contributed by atoms with Crippen molar-refractivity contribution in [1.82, 2.24) is 9.97 Å². The van der Waals surface area contributed by atoms with Gasteiger partial charge in [0.1, 0.15) is 5.15 Å². The topological polar surface area (TPSA) is 45.8 Å². The van der Waals surface area contributed by atoms with Crippen LogP contribution in [0.4, 0.5) is 4.39 Å². The Morgan fingerprint density at radius 2 is 2.00 bits per heavy atom. The van der Waals surface area contributed by atoms with E-state index in [2.05, 4.69) is 16.5 Å². The summed E-state index contributed by atoms with van der Waals surface area (Å²) in [7, 11) is 0. The molecule has 0 atom stereocenters. The Morgan fingerprint density at radius 1 is 1.35 bits per heavy atom. The van der Waals surface area contributed by atoms with Crippen molar-refractivity contribution in [2.75, 3.05) is 0 Å². The summed E-state index contributed by atoms with van der Waals surface area (Å²) >= 11 is 11.4. The second kappa shape index (κ2) is 4.13. The van der Waals surface area contributed by atoms with Gasteiger partial charge in [0.25, 0.3) is 5.56 Å². The van der Waals surface area contributed by atoms with Gasteiger partial charge in [-0.15, -0.1) is 0 Å². The minimum atomic E-state index is -0.752. The van der Waals surface area contributed by atoms with Crippen molar-refractivity contribution in [1.29, 1.82) is 0 Å². The molecule has 88 valence electrons. The standard InChI is InChI=1S/C11H7Cl2FN2O/c1-3-5-4(2)6-7(11(17)15-5)9(12)16-10(13)8(6)14/h3H,1H2,2H3,(H,15,17). The Balaban J connectivity index is 3.16. The molecule has 0 saturated carbocycles. The van der Waals surface area contributed by atoms with E-state index < -0.39 is 11.4 Å². The number of rotatable bonds is 1. The molecule has 2 aromatic rings. The van der Waals surface area contributed by atoms with E-state index in [1.165, 1.54) is 6.08 Å². The lowest BCUT2D eigenvalue weighted by atomic mass is 10.1. The summed E-state index contributed by atoms with van der Waals surface area (Å²) in [6.45, 7) is 5.18. The summed E-state index contributed by atoms with van der Waals surface area (Å²) in [5, 5.41) is -0.400. The largest absolute Gasteiger partial charge is 0.322 e. The van der Waals surface area contributed by atoms with E-state index in [1.807, 2.05) is 0 Å². The van der Waals surface area contributed by atoms with Crippen molar-refractivity contribution in [3.8, 4) is 0 Å². The van der Waals surface area contributed by atoms with Crippen LogP contribution in [-0.4, -0.2) is 9.97 Å². The van der Waals surface area contributed by atoms with Crippen LogP contribution in [0, 0.1) is 12.7 Å². The fraction of sp³-hybridized carbons (Fsp3) is 0.0909. The Morgan fingerprint density at radius 3 is 2.59 bits per heavy atom. The summed E-state index contributed by atoms with van der Waals surface area (Å²) in [4.78, 5) is 17.9. The molecular weight excluding hydrogens is 266 g/mol. The van der Waals surface area contributed by atoms with E-state index in [4.69, 9.17) is 23.2 Å². The number of H-pyrrole nitrogens is 1. The molecule has 2 aromatic heterocycles. The molecule has 3 nitrogen and oxygen atoms in total. The van der Waals surface area contributed by atoms with E-state index in [-0.39, 0.29) is 21.1 Å². The smallest absolute Gasteiger partial charge is 0.259 e. The van der Waals surface area contributed by atoms with Crippen LogP contribution < -0.4 is 5.56 Å². The molecule has 0 bridgehead atoms. The third-order valence-electron chi connectivity index (χ3n) is 2.51. The van der Waals surface area contributed by atoms with Gasteiger partial charge in [-0.2, -0.15) is 0 Å². The molecule has 0 radical (unpaired) electrons. The first-order valence-electron chi connectivity index (χ1n) is 4.67. The predicted molar refractivity (Wildman–Crippen MR) is 67.2 cm³/mol. The zero-order valence-electron chi connectivity index (χ0n) is 8.77. The number of aromatic amines is 1. The summed E-state index contributed by atoms with van der Waals surface area (Å²) < 4.78 is 13.9. The van der Waals surface area contributed by atoms with E-state index in [9.17, 15) is 9.18 Å². The molecule has 0 amide bonds. The lowest BCUT2D eigenvalue weighted by molar-refractivity contribution is 0.633. The first-order valence-corrected chi connectivity index (χ1v) is 5.42. The van der Waals surface area contributed by atoms with Gasteiger partial charge in [0.2, 0.25) is 0 Å². The second-order valence-corrected chi connectivity index (χ2v) is 4.17. The number of hydrogen-bond acceptors (Lipinski definition) is 2. The van der Waals surface area contributed by atoms with Gasteiger partial charge in [-0.1, -0.05) is 29.8 Å². The maximum atomic E-state index is 13.9. The quantitative estimate of drug-likeness (QED) is 0.810. The highest BCUT2D eigenvalue weighted by molar-refractivity contribution is 6.36. The Bertz CT molecular complexity index is 694. The van der Waals surface area contributed by atoms with Gasteiger partial charge in [0.15, 0.2) is 11.0 Å². The molecule has 2 heterocycles. The van der Waals surface area contributed by atoms with Crippen LogP contribution in [0.25, 0.3) is 16.8 Å². The van der Waals surface area contributed by atoms with E-state index in [0.717, 1.165) is 0 Å². The first kappa shape index (κ1) is 12.1. The average Bonchev–Trinajstić information content (AvgIpc) is 2.28. The predicted octanol–water partition coefficient (Wildman–Crippen LogP) is 3.32. The van der Waals surface area contributed by atoms with Gasteiger partial charge in [-0.3, -0.25) is 4.79 Å². The van der Waals surface area contributed by atoms with Crippen molar-refractivity contribution < 1.29 is 4.39 Å². The Hall–Kier alpha value is -1.39. The highest BCUT2D eigenvalue weighted by Gasteiger charge is 2.17. The Labute approximate surface area is 106 Å². The van der Waals surface area contributed by atoms with Crippen molar-refractivity contribution in [2.24, 2.45) is 0 Å². The molecule has 0 spiro atoms. The van der Waals surface area contributed by atoms with E-state index >= 15 is 0 Å². The van der Waals surface area contributed by atoms with Crippen LogP contribution in [0.3, 0.4) is 0 Å². The van der Waals surface area contributed by atoms with Crippen LogP contribution in [0.1, 0.15) is 11.3 Å². The summed E-state index contributed by atoms with van der Waals surface area (Å²) in [5.41, 5.74) is 0.423. The molecule has 0 saturated heterocycles. The molecule has 0 aliphatic heterocycles. The van der Waals surface area contributed by atoms with Gasteiger partial charge < -0.3 is 4.98 Å². The van der Waals surface area contributed by atoms with Crippen LogP contribution in [0.5, 0.6) is 0 Å². The van der Waals surface area contributed by atoms with Crippen molar-refractivity contribution in [3.63, 3.8) is 0 Å². The molecule has 0 aliphatic carbocycles. The number of hydrogen-bond donors (Lipinski definition) is 1. The van der Waals surface area contributed by atoms with Crippen molar-refractivity contribution in [2.45, 2.75) is 6.92 Å². The fourth-order valence-corrected chi connectivity index (χ4v) is 2.17. The van der Waals surface area contributed by atoms with Gasteiger partial charge in [-0.05, 0) is 18.6 Å². The lowest BCUT2D eigenvalue weighted by Crippen LogP contribution is -2.12. The summed E-state index contributed by atoms with van der Waals surface area (Å²) in [6, 6.07) is 0. The van der Waals surface area contributed by atoms with Gasteiger partial charge in [-0.25, -0.2) is 9.37 Å². The molecule has 17 heavy (non-hydrogen) atoms. The maximum absolute atomic E-state index is 13.9. The number of halogens is 3. The number of pyridine rings is 2. The monoisotopic (exact) mass is 272 g/mol. The Kier molecular flexibility index (Phi) is 2.93. The molecule has 0 aromatic carbocycles. The van der Waals surface area contributed by atoms with Gasteiger partial charge >= 0.3 is 0 Å². The fourth-order valence-electron chi connectivity index (χ4n) is 1.68. The van der Waals surface area contributed by atoms with E-state index in [0.29, 0.717) is 11.3 Å². The molecule has 1 N–H and O–H groups in total. The zero-order valence-corrected chi connectivity index (χ0v) is 10.3. The maximum Gasteiger partial charge on any atom is 0.259 e. The van der Waals surface area contributed by atoms with E-state index in [1.54, 1.807) is 6.92 Å². The van der Waals surface area contributed by atoms with Gasteiger partial charge in [0, 0.05) is 11.1 Å². The minimum absolute atomic E-state index is 0.00309. The number of nitrogens with one attached hydrogen (secondary N) is 1. The lowest BCUT2D eigenvalue weighted by Gasteiger charge is -2.08. The summed E-state index contributed by atoms with van der Waals surface area (Å²) in [5.74, 6) is -0.752. The number of aryl methyl sites for hydroxylation is 1. The molecule has 0 unspecified atom stereocenters. The number of nitrogens with zero attached hydrogens (tertiary/aromatic N) is 1. The first-order chi connectivity index (χ1) is 7.97. The molecule has 6 heteroatoms. The normalized spacial score (nSPS) is 10.8. The summed E-state index contributed by atoms with van der Waals surface area (Å²) in [6.07, 6.45) is 1.43. The molecule has 0 fully saturated rings. The van der Waals surface area contributed by atoms with Crippen molar-refractivity contribution >= 4 is 40.1 Å². The third-order valence-corrected chi connectivity index (χ3v) is 3.04. The van der Waals surface area contributed by atoms with Gasteiger partial charge in [0.05, 0.1) is 5.39 Å². The molecule has 2 rings (SSSR count). The number of fused-ring (bicyclic) bond motifs is 1. The second-order valence-electron chi connectivity index (χ2n) is 3.45. The average molecular weight is 273 g/mol. The van der Waals surface area contributed by atoms with Crippen molar-refractivity contribution in [3.05, 3.63) is 44.3 Å². The SMILES string of the molecule is C=Cc1[nH]c(=O)c2c(Cl)nc(Cl)c(F)c2c1C. The molecule has 0 aliphatic rings. The van der Waals surface area contributed by atoms with Crippen LogP contribution in [-0.2, 0) is 0 Å².